The van der Waals surface area contributed by atoms with Crippen molar-refractivity contribution in [2.24, 2.45) is 0 Å². The van der Waals surface area contributed by atoms with Crippen molar-refractivity contribution in [1.29, 1.82) is 0 Å². The van der Waals surface area contributed by atoms with E-state index in [0.717, 1.165) is 11.1 Å². The smallest absolute Gasteiger partial charge is 0.328 e. The number of nitrogens with one attached hydrogen (secondary N) is 1. The zero-order valence-corrected chi connectivity index (χ0v) is 13.7. The molecular formula is C19H22N2O3. The number of benzene rings is 2. The number of rotatable bonds is 7. The number of carbonyl (C=O) groups is 2. The molecule has 0 bridgehead atoms. The maximum Gasteiger partial charge on any atom is 0.328 e. The lowest BCUT2D eigenvalue weighted by Crippen LogP contribution is -2.43. The minimum Gasteiger partial charge on any atom is -0.467 e. The van der Waals surface area contributed by atoms with Gasteiger partial charge in [-0.1, -0.05) is 48.5 Å². The summed E-state index contributed by atoms with van der Waals surface area (Å²) in [5, 5.41) is 2.75. The summed E-state index contributed by atoms with van der Waals surface area (Å²) in [4.78, 5) is 24.1. The van der Waals surface area contributed by atoms with E-state index in [2.05, 4.69) is 5.32 Å². The molecule has 1 atom stereocenters. The van der Waals surface area contributed by atoms with Gasteiger partial charge in [-0.25, -0.2) is 4.79 Å². The number of nitrogens with two attached hydrogens (primary N) is 1. The number of carbonyl (C=O) groups excluding carboxylic acids is 2. The first-order valence-electron chi connectivity index (χ1n) is 7.84. The Morgan fingerprint density at radius 3 is 2.42 bits per heavy atom. The highest BCUT2D eigenvalue weighted by Crippen LogP contribution is 2.13. The molecule has 0 spiro atoms. The predicted molar refractivity (Wildman–Crippen MR) is 93.3 cm³/mol. The van der Waals surface area contributed by atoms with Crippen molar-refractivity contribution in [2.45, 2.75) is 25.3 Å². The van der Waals surface area contributed by atoms with Gasteiger partial charge in [0.25, 0.3) is 0 Å². The van der Waals surface area contributed by atoms with Crippen LogP contribution in [0.2, 0.25) is 0 Å². The lowest BCUT2D eigenvalue weighted by atomic mass is 10.0. The van der Waals surface area contributed by atoms with Crippen LogP contribution in [-0.4, -0.2) is 25.0 Å². The van der Waals surface area contributed by atoms with Crippen LogP contribution >= 0.6 is 0 Å². The topological polar surface area (TPSA) is 81.4 Å². The molecule has 0 aliphatic heterocycles. The monoisotopic (exact) mass is 326 g/mol. The number of methoxy groups -OCH3 is 1. The van der Waals surface area contributed by atoms with Crippen molar-refractivity contribution in [3.63, 3.8) is 0 Å². The van der Waals surface area contributed by atoms with Gasteiger partial charge in [0.15, 0.2) is 0 Å². The number of para-hydroxylation sites is 1. The Labute approximate surface area is 141 Å². The standard InChI is InChI=1S/C19H22N2O3/c1-24-19(23)17(13-14-7-3-2-4-8-14)21-18(22)12-11-15-9-5-6-10-16(15)20/h2-10,17H,11-13,20H2,1H3,(H,21,22). The predicted octanol–water partition coefficient (Wildman–Crippen LogP) is 2.10. The summed E-state index contributed by atoms with van der Waals surface area (Å²) >= 11 is 0. The summed E-state index contributed by atoms with van der Waals surface area (Å²) in [7, 11) is 1.32. The third kappa shape index (κ3) is 5.12. The van der Waals surface area contributed by atoms with E-state index >= 15 is 0 Å². The van der Waals surface area contributed by atoms with E-state index in [-0.39, 0.29) is 12.3 Å². The van der Waals surface area contributed by atoms with Crippen molar-refractivity contribution in [2.75, 3.05) is 12.8 Å². The first-order chi connectivity index (χ1) is 11.6. The van der Waals surface area contributed by atoms with Crippen molar-refractivity contribution < 1.29 is 14.3 Å². The molecular weight excluding hydrogens is 304 g/mol. The average Bonchev–Trinajstić information content (AvgIpc) is 2.60. The quantitative estimate of drug-likeness (QED) is 0.603. The fraction of sp³-hybridized carbons (Fsp3) is 0.263. The van der Waals surface area contributed by atoms with E-state index in [1.165, 1.54) is 7.11 Å². The van der Waals surface area contributed by atoms with Crippen LogP contribution in [0.3, 0.4) is 0 Å². The molecule has 0 heterocycles. The third-order valence-corrected chi connectivity index (χ3v) is 3.78. The normalized spacial score (nSPS) is 11.5. The summed E-state index contributed by atoms with van der Waals surface area (Å²) in [6, 6.07) is 16.2. The highest BCUT2D eigenvalue weighted by Gasteiger charge is 2.21. The molecule has 0 saturated heterocycles. The maximum atomic E-state index is 12.2. The van der Waals surface area contributed by atoms with Gasteiger partial charge in [0.2, 0.25) is 5.91 Å². The molecule has 0 aliphatic carbocycles. The minimum absolute atomic E-state index is 0.204. The molecule has 24 heavy (non-hydrogen) atoms. The van der Waals surface area contributed by atoms with Gasteiger partial charge in [-0.3, -0.25) is 4.79 Å². The van der Waals surface area contributed by atoms with Crippen LogP contribution in [0.4, 0.5) is 5.69 Å². The first-order valence-corrected chi connectivity index (χ1v) is 7.84. The van der Waals surface area contributed by atoms with Crippen LogP contribution in [0.1, 0.15) is 17.5 Å². The summed E-state index contributed by atoms with van der Waals surface area (Å²) in [6.07, 6.45) is 1.18. The van der Waals surface area contributed by atoms with Gasteiger partial charge in [-0.05, 0) is 23.6 Å². The Hall–Kier alpha value is -2.82. The van der Waals surface area contributed by atoms with Crippen molar-refractivity contribution in [1.82, 2.24) is 5.32 Å². The van der Waals surface area contributed by atoms with Gasteiger partial charge in [0.05, 0.1) is 7.11 Å². The van der Waals surface area contributed by atoms with E-state index in [0.29, 0.717) is 18.5 Å². The van der Waals surface area contributed by atoms with E-state index in [1.807, 2.05) is 48.5 Å². The Balaban J connectivity index is 1.94. The van der Waals surface area contributed by atoms with Crippen molar-refractivity contribution >= 4 is 17.6 Å². The van der Waals surface area contributed by atoms with Crippen LogP contribution in [0.25, 0.3) is 0 Å². The Bertz CT molecular complexity index is 686. The molecule has 0 aliphatic rings. The highest BCUT2D eigenvalue weighted by molar-refractivity contribution is 5.84. The molecule has 0 aromatic heterocycles. The summed E-state index contributed by atoms with van der Waals surface area (Å²) in [6.45, 7) is 0. The number of ether oxygens (including phenoxy) is 1. The second-order valence-electron chi connectivity index (χ2n) is 5.53. The van der Waals surface area contributed by atoms with Gasteiger partial charge in [-0.15, -0.1) is 0 Å². The van der Waals surface area contributed by atoms with E-state index in [1.54, 1.807) is 6.07 Å². The number of hydrogen-bond donors (Lipinski definition) is 2. The number of amides is 1. The summed E-state index contributed by atoms with van der Waals surface area (Å²) in [5.41, 5.74) is 8.42. The molecule has 5 nitrogen and oxygen atoms in total. The maximum absolute atomic E-state index is 12.2. The highest BCUT2D eigenvalue weighted by atomic mass is 16.5. The molecule has 1 amide bonds. The van der Waals surface area contributed by atoms with Crippen LogP contribution in [0.15, 0.2) is 54.6 Å². The SMILES string of the molecule is COC(=O)C(Cc1ccccc1)NC(=O)CCc1ccccc1N. The van der Waals surface area contributed by atoms with Crippen LogP contribution < -0.4 is 11.1 Å². The van der Waals surface area contributed by atoms with Crippen LogP contribution in [0.5, 0.6) is 0 Å². The van der Waals surface area contributed by atoms with Crippen LogP contribution in [0, 0.1) is 0 Å². The molecule has 5 heteroatoms. The Kier molecular flexibility index (Phi) is 6.37. The molecule has 0 fully saturated rings. The molecule has 0 radical (unpaired) electrons. The summed E-state index contributed by atoms with van der Waals surface area (Å²) in [5.74, 6) is -0.656. The van der Waals surface area contributed by atoms with Gasteiger partial charge >= 0.3 is 5.97 Å². The number of hydrogen-bond acceptors (Lipinski definition) is 4. The van der Waals surface area contributed by atoms with Crippen molar-refractivity contribution in [3.05, 3.63) is 65.7 Å². The molecule has 2 rings (SSSR count). The second kappa shape index (κ2) is 8.72. The Morgan fingerprint density at radius 2 is 1.75 bits per heavy atom. The van der Waals surface area contributed by atoms with E-state index in [4.69, 9.17) is 10.5 Å². The molecule has 0 saturated carbocycles. The lowest BCUT2D eigenvalue weighted by molar-refractivity contribution is -0.145. The third-order valence-electron chi connectivity index (χ3n) is 3.78. The fourth-order valence-corrected chi connectivity index (χ4v) is 2.46. The van der Waals surface area contributed by atoms with Gasteiger partial charge < -0.3 is 15.8 Å². The Morgan fingerprint density at radius 1 is 1.08 bits per heavy atom. The fourth-order valence-electron chi connectivity index (χ4n) is 2.46. The molecule has 3 N–H and O–H groups in total. The molecule has 126 valence electrons. The number of anilines is 1. The molecule has 2 aromatic rings. The average molecular weight is 326 g/mol. The van der Waals surface area contributed by atoms with Gasteiger partial charge in [0.1, 0.15) is 6.04 Å². The number of esters is 1. The van der Waals surface area contributed by atoms with E-state index < -0.39 is 12.0 Å². The zero-order chi connectivity index (χ0) is 17.4. The first kappa shape index (κ1) is 17.5. The summed E-state index contributed by atoms with van der Waals surface area (Å²) < 4.78 is 4.79. The molecule has 1 unspecified atom stereocenters. The largest absolute Gasteiger partial charge is 0.467 e. The lowest BCUT2D eigenvalue weighted by Gasteiger charge is -2.17. The van der Waals surface area contributed by atoms with Crippen LogP contribution in [-0.2, 0) is 27.2 Å². The second-order valence-corrected chi connectivity index (χ2v) is 5.53. The zero-order valence-electron chi connectivity index (χ0n) is 13.7. The molecule has 2 aromatic carbocycles. The number of aryl methyl sites for hydroxylation is 1. The number of nitrogen functional groups attached to an aromatic ring is 1. The van der Waals surface area contributed by atoms with E-state index in [9.17, 15) is 9.59 Å². The van der Waals surface area contributed by atoms with Gasteiger partial charge in [-0.2, -0.15) is 0 Å². The van der Waals surface area contributed by atoms with Crippen molar-refractivity contribution in [3.8, 4) is 0 Å². The van der Waals surface area contributed by atoms with Gasteiger partial charge in [0, 0.05) is 18.5 Å². The minimum atomic E-state index is -0.696.